The number of amides is 1. The molecule has 0 unspecified atom stereocenters. The number of aliphatic hydroxyl groups excluding tert-OH is 1. The minimum Gasteiger partial charge on any atom is -0.395 e. The molecule has 0 aliphatic heterocycles. The van der Waals surface area contributed by atoms with Crippen LogP contribution in [-0.4, -0.2) is 30.7 Å². The second kappa shape index (κ2) is 8.32. The van der Waals surface area contributed by atoms with Crippen LogP contribution in [0.15, 0.2) is 30.9 Å². The van der Waals surface area contributed by atoms with Crippen molar-refractivity contribution >= 4 is 11.6 Å². The Morgan fingerprint density at radius 3 is 2.89 bits per heavy atom. The zero-order chi connectivity index (χ0) is 14.1. The first-order valence-electron chi connectivity index (χ1n) is 6.54. The first kappa shape index (κ1) is 15.2. The van der Waals surface area contributed by atoms with Gasteiger partial charge in [-0.15, -0.1) is 6.58 Å². The summed E-state index contributed by atoms with van der Waals surface area (Å²) in [6.45, 7) is 6.69. The smallest absolute Gasteiger partial charge is 0.251 e. The molecule has 0 aliphatic rings. The van der Waals surface area contributed by atoms with Crippen molar-refractivity contribution in [3.8, 4) is 0 Å². The van der Waals surface area contributed by atoms with Crippen LogP contribution >= 0.6 is 0 Å². The van der Waals surface area contributed by atoms with E-state index in [0.717, 1.165) is 30.6 Å². The summed E-state index contributed by atoms with van der Waals surface area (Å²) in [6, 6.07) is 5.61. The Bertz CT molecular complexity index is 430. The number of hydrogen-bond donors (Lipinski definition) is 3. The van der Waals surface area contributed by atoms with Crippen LogP contribution in [0.5, 0.6) is 0 Å². The molecule has 1 rings (SSSR count). The lowest BCUT2D eigenvalue weighted by Crippen LogP contribution is -2.27. The fraction of sp³-hybridized carbons (Fsp3) is 0.400. The lowest BCUT2D eigenvalue weighted by atomic mass is 10.1. The van der Waals surface area contributed by atoms with Crippen molar-refractivity contribution in [2.45, 2.75) is 19.8 Å². The molecule has 3 N–H and O–H groups in total. The van der Waals surface area contributed by atoms with Gasteiger partial charge in [0.15, 0.2) is 0 Å². The van der Waals surface area contributed by atoms with Crippen molar-refractivity contribution in [3.63, 3.8) is 0 Å². The lowest BCUT2D eigenvalue weighted by Gasteiger charge is -2.13. The zero-order valence-electron chi connectivity index (χ0n) is 11.4. The number of carbonyl (C=O) groups is 1. The highest BCUT2D eigenvalue weighted by atomic mass is 16.3. The molecule has 4 nitrogen and oxygen atoms in total. The fourth-order valence-electron chi connectivity index (χ4n) is 1.81. The number of anilines is 1. The summed E-state index contributed by atoms with van der Waals surface area (Å²) >= 11 is 0. The van der Waals surface area contributed by atoms with E-state index in [2.05, 4.69) is 17.2 Å². The molecule has 0 spiro atoms. The van der Waals surface area contributed by atoms with Gasteiger partial charge in [-0.05, 0) is 37.5 Å². The number of unbranched alkanes of at least 4 members (excludes halogenated alkanes) is 1. The third-order valence-corrected chi connectivity index (χ3v) is 2.88. The largest absolute Gasteiger partial charge is 0.395 e. The molecule has 1 aromatic carbocycles. The predicted molar refractivity (Wildman–Crippen MR) is 78.5 cm³/mol. The molecule has 19 heavy (non-hydrogen) atoms. The minimum absolute atomic E-state index is 0.0513. The molecule has 0 bridgehead atoms. The van der Waals surface area contributed by atoms with Gasteiger partial charge in [0.1, 0.15) is 0 Å². The van der Waals surface area contributed by atoms with Crippen LogP contribution in [0.2, 0.25) is 0 Å². The van der Waals surface area contributed by atoms with E-state index in [0.29, 0.717) is 5.56 Å². The molecule has 104 valence electrons. The van der Waals surface area contributed by atoms with E-state index in [1.165, 1.54) is 0 Å². The standard InChI is InChI=1S/C15H22N2O2/c1-3-4-5-9-16-14-8-6-7-13(12(14)2)15(19)17-10-11-18/h3,6-8,16,18H,1,4-5,9-11H2,2H3,(H,17,19). The fourth-order valence-corrected chi connectivity index (χ4v) is 1.81. The first-order chi connectivity index (χ1) is 9.20. The van der Waals surface area contributed by atoms with Crippen molar-refractivity contribution < 1.29 is 9.90 Å². The highest BCUT2D eigenvalue weighted by molar-refractivity contribution is 5.97. The summed E-state index contributed by atoms with van der Waals surface area (Å²) in [5.74, 6) is -0.152. The van der Waals surface area contributed by atoms with Crippen molar-refractivity contribution in [2.75, 3.05) is 25.0 Å². The van der Waals surface area contributed by atoms with Gasteiger partial charge in [0.05, 0.1) is 6.61 Å². The van der Waals surface area contributed by atoms with Gasteiger partial charge < -0.3 is 15.7 Å². The maximum absolute atomic E-state index is 11.9. The van der Waals surface area contributed by atoms with E-state index in [9.17, 15) is 4.79 Å². The number of benzene rings is 1. The third-order valence-electron chi connectivity index (χ3n) is 2.88. The Balaban J connectivity index is 2.68. The Kier molecular flexibility index (Phi) is 6.68. The second-order valence-electron chi connectivity index (χ2n) is 4.32. The van der Waals surface area contributed by atoms with Crippen molar-refractivity contribution in [1.29, 1.82) is 0 Å². The molecule has 0 saturated heterocycles. The van der Waals surface area contributed by atoms with Gasteiger partial charge in [0.2, 0.25) is 0 Å². The van der Waals surface area contributed by atoms with Gasteiger partial charge in [0, 0.05) is 24.3 Å². The zero-order valence-corrected chi connectivity index (χ0v) is 11.4. The number of rotatable bonds is 8. The maximum atomic E-state index is 11.9. The summed E-state index contributed by atoms with van der Waals surface area (Å²) in [4.78, 5) is 11.9. The normalized spacial score (nSPS) is 10.0. The number of aliphatic hydroxyl groups is 1. The molecule has 0 radical (unpaired) electrons. The van der Waals surface area contributed by atoms with Crippen molar-refractivity contribution in [3.05, 3.63) is 42.0 Å². The van der Waals surface area contributed by atoms with Crippen LogP contribution in [0.4, 0.5) is 5.69 Å². The topological polar surface area (TPSA) is 61.4 Å². The van der Waals surface area contributed by atoms with Crippen LogP contribution in [0.3, 0.4) is 0 Å². The third kappa shape index (κ3) is 4.75. The number of nitrogens with one attached hydrogen (secondary N) is 2. The van der Waals surface area contributed by atoms with Gasteiger partial charge in [-0.1, -0.05) is 12.1 Å². The summed E-state index contributed by atoms with van der Waals surface area (Å²) in [7, 11) is 0. The van der Waals surface area contributed by atoms with E-state index >= 15 is 0 Å². The number of hydrogen-bond acceptors (Lipinski definition) is 3. The minimum atomic E-state index is -0.152. The van der Waals surface area contributed by atoms with Crippen LogP contribution in [0.25, 0.3) is 0 Å². The average molecular weight is 262 g/mol. The highest BCUT2D eigenvalue weighted by Crippen LogP contribution is 2.19. The Morgan fingerprint density at radius 1 is 1.42 bits per heavy atom. The van der Waals surface area contributed by atoms with Gasteiger partial charge in [0.25, 0.3) is 5.91 Å². The van der Waals surface area contributed by atoms with E-state index in [4.69, 9.17) is 5.11 Å². The molecule has 0 heterocycles. The molecule has 1 aromatic rings. The molecular weight excluding hydrogens is 240 g/mol. The van der Waals surface area contributed by atoms with Crippen LogP contribution in [-0.2, 0) is 0 Å². The van der Waals surface area contributed by atoms with Gasteiger partial charge in [-0.2, -0.15) is 0 Å². The Labute approximate surface area is 114 Å². The first-order valence-corrected chi connectivity index (χ1v) is 6.54. The molecule has 1 amide bonds. The number of allylic oxidation sites excluding steroid dienone is 1. The van der Waals surface area contributed by atoms with Crippen molar-refractivity contribution in [1.82, 2.24) is 5.32 Å². The van der Waals surface area contributed by atoms with Crippen molar-refractivity contribution in [2.24, 2.45) is 0 Å². The van der Waals surface area contributed by atoms with Gasteiger partial charge in [-0.3, -0.25) is 4.79 Å². The van der Waals surface area contributed by atoms with Crippen LogP contribution < -0.4 is 10.6 Å². The molecule has 0 saturated carbocycles. The molecule has 4 heteroatoms. The van der Waals surface area contributed by atoms with Gasteiger partial charge >= 0.3 is 0 Å². The predicted octanol–water partition coefficient (Wildman–Crippen LogP) is 2.10. The van der Waals surface area contributed by atoms with E-state index in [1.54, 1.807) is 6.07 Å². The molecule has 0 atom stereocenters. The van der Waals surface area contributed by atoms with E-state index < -0.39 is 0 Å². The average Bonchev–Trinajstić information content (AvgIpc) is 2.42. The second-order valence-corrected chi connectivity index (χ2v) is 4.32. The molecule has 0 aliphatic carbocycles. The molecule has 0 fully saturated rings. The summed E-state index contributed by atoms with van der Waals surface area (Å²) in [5, 5.41) is 14.7. The monoisotopic (exact) mass is 262 g/mol. The summed E-state index contributed by atoms with van der Waals surface area (Å²) in [6.07, 6.45) is 3.89. The molecular formula is C15H22N2O2. The lowest BCUT2D eigenvalue weighted by molar-refractivity contribution is 0.0944. The maximum Gasteiger partial charge on any atom is 0.251 e. The summed E-state index contributed by atoms with van der Waals surface area (Å²) < 4.78 is 0. The van der Waals surface area contributed by atoms with E-state index in [-0.39, 0.29) is 19.1 Å². The Hall–Kier alpha value is -1.81. The van der Waals surface area contributed by atoms with Crippen LogP contribution in [0, 0.1) is 6.92 Å². The summed E-state index contributed by atoms with van der Waals surface area (Å²) in [5.41, 5.74) is 2.54. The van der Waals surface area contributed by atoms with Gasteiger partial charge in [-0.25, -0.2) is 0 Å². The van der Waals surface area contributed by atoms with Crippen LogP contribution in [0.1, 0.15) is 28.8 Å². The SMILES string of the molecule is C=CCCCNc1cccc(C(=O)NCCO)c1C. The Morgan fingerprint density at radius 2 is 2.21 bits per heavy atom. The quantitative estimate of drug-likeness (QED) is 0.496. The highest BCUT2D eigenvalue weighted by Gasteiger charge is 2.10. The number of carbonyl (C=O) groups excluding carboxylic acids is 1. The molecule has 0 aromatic heterocycles. The van der Waals surface area contributed by atoms with E-state index in [1.807, 2.05) is 25.1 Å².